The molecule has 0 radical (unpaired) electrons. The normalized spacial score (nSPS) is 11.0. The number of nitrogens with zero attached hydrogens (tertiary/aromatic N) is 2. The monoisotopic (exact) mass is 323 g/mol. The molecule has 114 valence electrons. The first-order chi connectivity index (χ1) is 11.1. The van der Waals surface area contributed by atoms with Crippen LogP contribution in [0.2, 0.25) is 5.02 Å². The second-order valence-corrected chi connectivity index (χ2v) is 5.31. The first-order valence-corrected chi connectivity index (χ1v) is 7.31. The molecule has 0 atom stereocenters. The van der Waals surface area contributed by atoms with E-state index in [-0.39, 0.29) is 0 Å². The van der Waals surface area contributed by atoms with Crippen LogP contribution in [0.15, 0.2) is 66.9 Å². The molecule has 5 heteroatoms. The van der Waals surface area contributed by atoms with Crippen LogP contribution in [0.1, 0.15) is 5.56 Å². The third kappa shape index (κ3) is 3.49. The number of carboxylic acids is 1. The van der Waals surface area contributed by atoms with Crippen molar-refractivity contribution in [1.29, 1.82) is 0 Å². The molecule has 0 N–H and O–H groups in total. The number of carboxylic acid groups (broad SMARTS) is 1. The van der Waals surface area contributed by atoms with Gasteiger partial charge in [-0.25, -0.2) is 4.68 Å². The van der Waals surface area contributed by atoms with Crippen LogP contribution in [0, 0.1) is 0 Å². The van der Waals surface area contributed by atoms with Gasteiger partial charge in [0.25, 0.3) is 0 Å². The molecule has 1 aromatic heterocycles. The Hall–Kier alpha value is -2.85. The van der Waals surface area contributed by atoms with Gasteiger partial charge in [-0.3, -0.25) is 0 Å². The van der Waals surface area contributed by atoms with Crippen molar-refractivity contribution >= 4 is 23.6 Å². The van der Waals surface area contributed by atoms with Crippen molar-refractivity contribution in [3.05, 3.63) is 77.5 Å². The highest BCUT2D eigenvalue weighted by molar-refractivity contribution is 6.30. The van der Waals surface area contributed by atoms with Crippen molar-refractivity contribution in [3.63, 3.8) is 0 Å². The molecule has 0 amide bonds. The van der Waals surface area contributed by atoms with Crippen molar-refractivity contribution < 1.29 is 9.90 Å². The van der Waals surface area contributed by atoms with Gasteiger partial charge < -0.3 is 9.90 Å². The molecule has 0 bridgehead atoms. The fourth-order valence-corrected chi connectivity index (χ4v) is 2.34. The van der Waals surface area contributed by atoms with Gasteiger partial charge in [0.05, 0.1) is 17.4 Å². The topological polar surface area (TPSA) is 57.9 Å². The van der Waals surface area contributed by atoms with E-state index in [2.05, 4.69) is 5.10 Å². The van der Waals surface area contributed by atoms with Crippen LogP contribution in [0.25, 0.3) is 23.0 Å². The summed E-state index contributed by atoms with van der Waals surface area (Å²) >= 11 is 5.92. The molecule has 2 aromatic carbocycles. The first-order valence-electron chi connectivity index (χ1n) is 6.93. The van der Waals surface area contributed by atoms with E-state index in [0.717, 1.165) is 17.3 Å². The lowest BCUT2D eigenvalue weighted by molar-refractivity contribution is -0.297. The SMILES string of the molecule is O=C([O-])/C=C/c1cn(-c2ccccc2)nc1-c1ccc(Cl)cc1. The van der Waals surface area contributed by atoms with Crippen LogP contribution < -0.4 is 5.11 Å². The molecule has 23 heavy (non-hydrogen) atoms. The number of hydrogen-bond donors (Lipinski definition) is 0. The van der Waals surface area contributed by atoms with Crippen LogP contribution >= 0.6 is 11.6 Å². The van der Waals surface area contributed by atoms with Crippen molar-refractivity contribution in [2.45, 2.75) is 0 Å². The number of aliphatic carboxylic acids is 1. The van der Waals surface area contributed by atoms with Crippen molar-refractivity contribution in [2.24, 2.45) is 0 Å². The molecule has 0 aliphatic rings. The first kappa shape index (κ1) is 15.1. The van der Waals surface area contributed by atoms with Gasteiger partial charge in [-0.15, -0.1) is 0 Å². The molecule has 0 fully saturated rings. The molecule has 0 aliphatic heterocycles. The molecular formula is C18H12ClN2O2-. The molecule has 1 heterocycles. The van der Waals surface area contributed by atoms with Gasteiger partial charge in [-0.05, 0) is 36.4 Å². The van der Waals surface area contributed by atoms with Gasteiger partial charge in [-0.1, -0.05) is 41.9 Å². The summed E-state index contributed by atoms with van der Waals surface area (Å²) in [6.07, 6.45) is 4.25. The lowest BCUT2D eigenvalue weighted by Crippen LogP contribution is -2.18. The fraction of sp³-hybridized carbons (Fsp3) is 0. The summed E-state index contributed by atoms with van der Waals surface area (Å²) in [7, 11) is 0. The van der Waals surface area contributed by atoms with E-state index in [1.165, 1.54) is 6.08 Å². The largest absolute Gasteiger partial charge is 0.545 e. The second kappa shape index (κ2) is 6.50. The molecule has 0 spiro atoms. The Balaban J connectivity index is 2.10. The Morgan fingerprint density at radius 1 is 1.09 bits per heavy atom. The summed E-state index contributed by atoms with van der Waals surface area (Å²) < 4.78 is 1.71. The molecule has 3 rings (SSSR count). The van der Waals surface area contributed by atoms with Crippen molar-refractivity contribution in [2.75, 3.05) is 0 Å². The Labute approximate surface area is 138 Å². The number of rotatable bonds is 4. The van der Waals surface area contributed by atoms with Gasteiger partial charge in [0.1, 0.15) is 0 Å². The third-order valence-corrected chi connectivity index (χ3v) is 3.53. The van der Waals surface area contributed by atoms with E-state index < -0.39 is 5.97 Å². The number of carbonyl (C=O) groups is 1. The Morgan fingerprint density at radius 3 is 2.43 bits per heavy atom. The lowest BCUT2D eigenvalue weighted by Gasteiger charge is -2.00. The zero-order valence-electron chi connectivity index (χ0n) is 12.0. The summed E-state index contributed by atoms with van der Waals surface area (Å²) in [6.45, 7) is 0. The minimum atomic E-state index is -1.25. The third-order valence-electron chi connectivity index (χ3n) is 3.28. The molecule has 3 aromatic rings. The van der Waals surface area contributed by atoms with Crippen LogP contribution in [0.5, 0.6) is 0 Å². The van der Waals surface area contributed by atoms with E-state index in [0.29, 0.717) is 16.3 Å². The number of aromatic nitrogens is 2. The van der Waals surface area contributed by atoms with Gasteiger partial charge >= 0.3 is 0 Å². The molecule has 0 saturated heterocycles. The quantitative estimate of drug-likeness (QED) is 0.694. The smallest absolute Gasteiger partial charge is 0.0999 e. The summed E-state index contributed by atoms with van der Waals surface area (Å²) in [5.74, 6) is -1.25. The average molecular weight is 324 g/mol. The predicted molar refractivity (Wildman–Crippen MR) is 88.1 cm³/mol. The van der Waals surface area contributed by atoms with Crippen molar-refractivity contribution in [3.8, 4) is 16.9 Å². The number of halogens is 1. The predicted octanol–water partition coefficient (Wildman–Crippen LogP) is 2.96. The number of carbonyl (C=O) groups excluding carboxylic acids is 1. The number of para-hydroxylation sites is 1. The summed E-state index contributed by atoms with van der Waals surface area (Å²) in [5, 5.41) is 15.9. The summed E-state index contributed by atoms with van der Waals surface area (Å²) in [4.78, 5) is 10.7. The minimum absolute atomic E-state index is 0.628. The Kier molecular flexibility index (Phi) is 4.26. The Bertz CT molecular complexity index is 852. The van der Waals surface area contributed by atoms with E-state index in [4.69, 9.17) is 11.6 Å². The van der Waals surface area contributed by atoms with Crippen LogP contribution in [0.4, 0.5) is 0 Å². The number of hydrogen-bond acceptors (Lipinski definition) is 3. The zero-order valence-corrected chi connectivity index (χ0v) is 12.8. The lowest BCUT2D eigenvalue weighted by atomic mass is 10.1. The standard InChI is InChI=1S/C18H13ClN2O2/c19-15-9-6-13(7-10-15)18-14(8-11-17(22)23)12-21(20-18)16-4-2-1-3-5-16/h1-12H,(H,22,23)/p-1/b11-8+. The maximum Gasteiger partial charge on any atom is 0.0999 e. The molecular weight excluding hydrogens is 312 g/mol. The van der Waals surface area contributed by atoms with E-state index in [1.54, 1.807) is 23.0 Å². The molecule has 0 saturated carbocycles. The van der Waals surface area contributed by atoms with Gasteiger partial charge in [0.2, 0.25) is 0 Å². The highest BCUT2D eigenvalue weighted by atomic mass is 35.5. The molecule has 4 nitrogen and oxygen atoms in total. The highest BCUT2D eigenvalue weighted by Gasteiger charge is 2.10. The van der Waals surface area contributed by atoms with Crippen molar-refractivity contribution in [1.82, 2.24) is 9.78 Å². The fourth-order valence-electron chi connectivity index (χ4n) is 2.21. The second-order valence-electron chi connectivity index (χ2n) is 4.87. The minimum Gasteiger partial charge on any atom is -0.545 e. The van der Waals surface area contributed by atoms with Gasteiger partial charge in [0, 0.05) is 22.3 Å². The molecule has 0 unspecified atom stereocenters. The van der Waals surface area contributed by atoms with Crippen LogP contribution in [-0.2, 0) is 4.79 Å². The van der Waals surface area contributed by atoms with Gasteiger partial charge in [-0.2, -0.15) is 5.10 Å². The summed E-state index contributed by atoms with van der Waals surface area (Å²) in [5.41, 5.74) is 3.08. The van der Waals surface area contributed by atoms with Crippen LogP contribution in [-0.4, -0.2) is 15.7 Å². The van der Waals surface area contributed by atoms with Crippen LogP contribution in [0.3, 0.4) is 0 Å². The maximum atomic E-state index is 10.7. The zero-order chi connectivity index (χ0) is 16.2. The van der Waals surface area contributed by atoms with E-state index >= 15 is 0 Å². The highest BCUT2D eigenvalue weighted by Crippen LogP contribution is 2.26. The van der Waals surface area contributed by atoms with Gasteiger partial charge in [0.15, 0.2) is 0 Å². The average Bonchev–Trinajstić information content (AvgIpc) is 2.99. The number of benzene rings is 2. The maximum absolute atomic E-state index is 10.7. The Morgan fingerprint density at radius 2 is 1.78 bits per heavy atom. The van der Waals surface area contributed by atoms with E-state index in [9.17, 15) is 9.90 Å². The van der Waals surface area contributed by atoms with E-state index in [1.807, 2.05) is 42.5 Å². The molecule has 0 aliphatic carbocycles. The summed E-state index contributed by atoms with van der Waals surface area (Å²) in [6, 6.07) is 16.8.